The van der Waals surface area contributed by atoms with Crippen LogP contribution in [0, 0.1) is 11.7 Å². The fourth-order valence-electron chi connectivity index (χ4n) is 2.34. The van der Waals surface area contributed by atoms with E-state index in [0.29, 0.717) is 16.1 Å². The Morgan fingerprint density at radius 2 is 2.12 bits per heavy atom. The summed E-state index contributed by atoms with van der Waals surface area (Å²) in [6.45, 7) is 2.15. The second-order valence-corrected chi connectivity index (χ2v) is 5.34. The second kappa shape index (κ2) is 5.83. The Morgan fingerprint density at radius 1 is 1.41 bits per heavy atom. The van der Waals surface area contributed by atoms with Crippen molar-refractivity contribution < 1.29 is 9.13 Å². The van der Waals surface area contributed by atoms with Gasteiger partial charge in [-0.05, 0) is 71.9 Å². The van der Waals surface area contributed by atoms with E-state index in [-0.39, 0.29) is 5.82 Å². The van der Waals surface area contributed by atoms with Crippen molar-refractivity contribution in [2.75, 3.05) is 20.2 Å². The molecular formula is C13H17BrFNO. The van der Waals surface area contributed by atoms with Crippen LogP contribution in [0.15, 0.2) is 16.6 Å². The van der Waals surface area contributed by atoms with Crippen LogP contribution in [0.1, 0.15) is 18.4 Å². The topological polar surface area (TPSA) is 21.3 Å². The van der Waals surface area contributed by atoms with Crippen molar-refractivity contribution in [2.45, 2.75) is 19.3 Å². The third-order valence-electron chi connectivity index (χ3n) is 3.25. The first-order valence-electron chi connectivity index (χ1n) is 5.93. The maximum atomic E-state index is 13.7. The lowest BCUT2D eigenvalue weighted by Crippen LogP contribution is -2.28. The minimum Gasteiger partial charge on any atom is -0.492 e. The molecule has 1 saturated heterocycles. The molecule has 0 spiro atoms. The van der Waals surface area contributed by atoms with Crippen LogP contribution in [0.3, 0.4) is 0 Å². The SMILES string of the molecule is COc1c(F)cc(CC2CCNCC2)cc1Br. The molecule has 94 valence electrons. The summed E-state index contributed by atoms with van der Waals surface area (Å²) in [5.74, 6) is 0.667. The molecule has 1 fully saturated rings. The lowest BCUT2D eigenvalue weighted by atomic mass is 9.91. The van der Waals surface area contributed by atoms with Gasteiger partial charge in [-0.3, -0.25) is 0 Å². The van der Waals surface area contributed by atoms with E-state index in [0.717, 1.165) is 25.1 Å². The van der Waals surface area contributed by atoms with Gasteiger partial charge in [0.25, 0.3) is 0 Å². The van der Waals surface area contributed by atoms with Gasteiger partial charge in [-0.2, -0.15) is 0 Å². The standard InChI is InChI=1S/C13H17BrFNO/c1-17-13-11(14)7-10(8-12(13)15)6-9-2-4-16-5-3-9/h7-9,16H,2-6H2,1H3. The van der Waals surface area contributed by atoms with Crippen LogP contribution in [-0.2, 0) is 6.42 Å². The van der Waals surface area contributed by atoms with E-state index in [2.05, 4.69) is 21.2 Å². The zero-order valence-corrected chi connectivity index (χ0v) is 11.5. The number of hydrogen-bond acceptors (Lipinski definition) is 2. The van der Waals surface area contributed by atoms with Crippen LogP contribution in [-0.4, -0.2) is 20.2 Å². The van der Waals surface area contributed by atoms with Crippen molar-refractivity contribution in [1.82, 2.24) is 5.32 Å². The monoisotopic (exact) mass is 301 g/mol. The molecule has 4 heteroatoms. The number of halogens is 2. The van der Waals surface area contributed by atoms with Gasteiger partial charge in [0.2, 0.25) is 0 Å². The first-order valence-corrected chi connectivity index (χ1v) is 6.72. The zero-order valence-electron chi connectivity index (χ0n) is 9.93. The molecule has 0 bridgehead atoms. The maximum Gasteiger partial charge on any atom is 0.168 e. The number of hydrogen-bond donors (Lipinski definition) is 1. The van der Waals surface area contributed by atoms with Crippen molar-refractivity contribution in [3.05, 3.63) is 28.0 Å². The number of methoxy groups -OCH3 is 1. The molecule has 1 aliphatic heterocycles. The third kappa shape index (κ3) is 3.19. The minimum atomic E-state index is -0.286. The lowest BCUT2D eigenvalue weighted by Gasteiger charge is -2.22. The molecule has 2 rings (SSSR count). The van der Waals surface area contributed by atoms with Gasteiger partial charge < -0.3 is 10.1 Å². The highest BCUT2D eigenvalue weighted by molar-refractivity contribution is 9.10. The number of ether oxygens (including phenoxy) is 1. The molecule has 0 unspecified atom stereocenters. The molecule has 1 aromatic rings. The fraction of sp³-hybridized carbons (Fsp3) is 0.538. The predicted molar refractivity (Wildman–Crippen MR) is 69.9 cm³/mol. The van der Waals surface area contributed by atoms with Crippen LogP contribution < -0.4 is 10.1 Å². The van der Waals surface area contributed by atoms with Crippen molar-refractivity contribution in [3.63, 3.8) is 0 Å². The molecule has 0 aliphatic carbocycles. The van der Waals surface area contributed by atoms with Crippen LogP contribution in [0.5, 0.6) is 5.75 Å². The molecule has 0 atom stereocenters. The van der Waals surface area contributed by atoms with E-state index in [1.54, 1.807) is 6.07 Å². The van der Waals surface area contributed by atoms with Gasteiger partial charge in [0, 0.05) is 0 Å². The molecule has 0 aromatic heterocycles. The third-order valence-corrected chi connectivity index (χ3v) is 3.83. The summed E-state index contributed by atoms with van der Waals surface area (Å²) in [4.78, 5) is 0. The average molecular weight is 302 g/mol. The fourth-order valence-corrected chi connectivity index (χ4v) is 2.99. The quantitative estimate of drug-likeness (QED) is 0.926. The van der Waals surface area contributed by atoms with Crippen LogP contribution in [0.25, 0.3) is 0 Å². The molecule has 2 nitrogen and oxygen atoms in total. The van der Waals surface area contributed by atoms with Gasteiger partial charge in [0.15, 0.2) is 11.6 Å². The van der Waals surface area contributed by atoms with E-state index in [1.165, 1.54) is 20.0 Å². The summed E-state index contributed by atoms with van der Waals surface area (Å²) in [6, 6.07) is 3.55. The van der Waals surface area contributed by atoms with E-state index in [4.69, 9.17) is 4.74 Å². The summed E-state index contributed by atoms with van der Waals surface area (Å²) in [5.41, 5.74) is 1.04. The highest BCUT2D eigenvalue weighted by Gasteiger charge is 2.16. The smallest absolute Gasteiger partial charge is 0.168 e. The molecular weight excluding hydrogens is 285 g/mol. The number of piperidine rings is 1. The Labute approximate surface area is 110 Å². The normalized spacial score (nSPS) is 17.1. The summed E-state index contributed by atoms with van der Waals surface area (Å²) >= 11 is 3.35. The Hall–Kier alpha value is -0.610. The first-order chi connectivity index (χ1) is 8.20. The van der Waals surface area contributed by atoms with Gasteiger partial charge in [0.1, 0.15) is 0 Å². The zero-order chi connectivity index (χ0) is 12.3. The number of benzene rings is 1. The highest BCUT2D eigenvalue weighted by atomic mass is 79.9. The molecule has 0 amide bonds. The summed E-state index contributed by atoms with van der Waals surface area (Å²) in [7, 11) is 1.48. The molecule has 1 aromatic carbocycles. The van der Waals surface area contributed by atoms with Gasteiger partial charge in [0.05, 0.1) is 11.6 Å². The maximum absolute atomic E-state index is 13.7. The summed E-state index contributed by atoms with van der Waals surface area (Å²) in [5, 5.41) is 3.34. The van der Waals surface area contributed by atoms with Gasteiger partial charge in [-0.25, -0.2) is 4.39 Å². The Kier molecular flexibility index (Phi) is 4.40. The van der Waals surface area contributed by atoms with E-state index in [9.17, 15) is 4.39 Å². The molecule has 1 N–H and O–H groups in total. The molecule has 17 heavy (non-hydrogen) atoms. The number of nitrogens with one attached hydrogen (secondary N) is 1. The lowest BCUT2D eigenvalue weighted by molar-refractivity contribution is 0.368. The van der Waals surface area contributed by atoms with Crippen LogP contribution >= 0.6 is 15.9 Å². The van der Waals surface area contributed by atoms with Crippen molar-refractivity contribution in [3.8, 4) is 5.75 Å². The van der Waals surface area contributed by atoms with Crippen LogP contribution in [0.2, 0.25) is 0 Å². The van der Waals surface area contributed by atoms with Crippen molar-refractivity contribution >= 4 is 15.9 Å². The largest absolute Gasteiger partial charge is 0.492 e. The second-order valence-electron chi connectivity index (χ2n) is 4.49. The van der Waals surface area contributed by atoms with Gasteiger partial charge >= 0.3 is 0 Å². The molecule has 0 saturated carbocycles. The molecule has 0 radical (unpaired) electrons. The first kappa shape index (κ1) is 12.8. The van der Waals surface area contributed by atoms with E-state index in [1.807, 2.05) is 6.07 Å². The summed E-state index contributed by atoms with van der Waals surface area (Å²) in [6.07, 6.45) is 3.29. The van der Waals surface area contributed by atoms with Crippen molar-refractivity contribution in [1.29, 1.82) is 0 Å². The Balaban J connectivity index is 2.10. The van der Waals surface area contributed by atoms with Gasteiger partial charge in [-0.1, -0.05) is 0 Å². The predicted octanol–water partition coefficient (Wildman–Crippen LogP) is 3.14. The average Bonchev–Trinajstić information content (AvgIpc) is 2.30. The molecule has 1 aliphatic rings. The Bertz CT molecular complexity index is 368. The van der Waals surface area contributed by atoms with Gasteiger partial charge in [-0.15, -0.1) is 0 Å². The highest BCUT2D eigenvalue weighted by Crippen LogP contribution is 2.31. The summed E-state index contributed by atoms with van der Waals surface area (Å²) < 4.78 is 19.4. The molecule has 1 heterocycles. The van der Waals surface area contributed by atoms with Crippen LogP contribution in [0.4, 0.5) is 4.39 Å². The van der Waals surface area contributed by atoms with E-state index >= 15 is 0 Å². The van der Waals surface area contributed by atoms with Crippen molar-refractivity contribution in [2.24, 2.45) is 5.92 Å². The Morgan fingerprint density at radius 3 is 2.71 bits per heavy atom. The van der Waals surface area contributed by atoms with E-state index < -0.39 is 0 Å². The number of rotatable bonds is 3. The minimum absolute atomic E-state index is 0.286.